The van der Waals surface area contributed by atoms with Gasteiger partial charge in [0.15, 0.2) is 0 Å². The Kier molecular flexibility index (Phi) is 8.24. The minimum Gasteiger partial charge on any atom is -0.396 e. The lowest BCUT2D eigenvalue weighted by atomic mass is 9.78. The van der Waals surface area contributed by atoms with E-state index in [2.05, 4.69) is 25.2 Å². The van der Waals surface area contributed by atoms with Crippen molar-refractivity contribution in [2.75, 3.05) is 37.7 Å². The maximum absolute atomic E-state index is 14.6. The van der Waals surface area contributed by atoms with Crippen LogP contribution in [0.25, 0.3) is 0 Å². The molecule has 1 aromatic carbocycles. The van der Waals surface area contributed by atoms with E-state index in [0.717, 1.165) is 48.9 Å². The first-order chi connectivity index (χ1) is 18.8. The molecule has 3 amide bonds. The number of benzene rings is 1. The molecule has 0 bridgehead atoms. The van der Waals surface area contributed by atoms with E-state index in [0.29, 0.717) is 26.2 Å². The van der Waals surface area contributed by atoms with Crippen LogP contribution in [-0.4, -0.2) is 81.5 Å². The van der Waals surface area contributed by atoms with E-state index in [1.807, 2.05) is 47.9 Å². The maximum Gasteiger partial charge on any atom is 0.251 e. The quantitative estimate of drug-likeness (QED) is 0.372. The van der Waals surface area contributed by atoms with Crippen molar-refractivity contribution in [2.24, 2.45) is 11.8 Å². The Hall–Kier alpha value is -2.58. The summed E-state index contributed by atoms with van der Waals surface area (Å²) >= 11 is 1.65. The Bertz CT molecular complexity index is 1180. The fourth-order valence-corrected chi connectivity index (χ4v) is 8.88. The Morgan fingerprint density at radius 2 is 1.77 bits per heavy atom. The van der Waals surface area contributed by atoms with Gasteiger partial charge in [0.05, 0.1) is 16.6 Å². The lowest BCUT2D eigenvalue weighted by Gasteiger charge is -2.35. The van der Waals surface area contributed by atoms with Crippen LogP contribution in [0.3, 0.4) is 0 Å². The van der Waals surface area contributed by atoms with Crippen LogP contribution in [0, 0.1) is 25.7 Å². The molecule has 0 radical (unpaired) electrons. The van der Waals surface area contributed by atoms with Gasteiger partial charge in [-0.25, -0.2) is 0 Å². The third-order valence-corrected chi connectivity index (χ3v) is 10.4. The van der Waals surface area contributed by atoms with Crippen LogP contribution in [0.4, 0.5) is 5.69 Å². The summed E-state index contributed by atoms with van der Waals surface area (Å²) in [5, 5.41) is 9.05. The summed E-state index contributed by atoms with van der Waals surface area (Å²) in [5.74, 6) is -1.13. The lowest BCUT2D eigenvalue weighted by molar-refractivity contribution is -0.142. The third-order valence-electron chi connectivity index (χ3n) is 8.70. The number of amides is 3. The highest BCUT2D eigenvalue weighted by molar-refractivity contribution is 8.02. The van der Waals surface area contributed by atoms with Crippen LogP contribution in [0.2, 0.25) is 0 Å². The number of fused-ring (bicyclic) bond motifs is 2. The van der Waals surface area contributed by atoms with E-state index in [-0.39, 0.29) is 29.6 Å². The Morgan fingerprint density at radius 3 is 2.54 bits per heavy atom. The van der Waals surface area contributed by atoms with Crippen LogP contribution in [-0.2, 0) is 14.4 Å². The third kappa shape index (κ3) is 4.84. The molecule has 5 atom stereocenters. The average Bonchev–Trinajstić information content (AvgIpc) is 3.23. The Labute approximate surface area is 236 Å². The van der Waals surface area contributed by atoms with Gasteiger partial charge in [0.2, 0.25) is 11.8 Å². The smallest absolute Gasteiger partial charge is 0.251 e. The van der Waals surface area contributed by atoms with Gasteiger partial charge in [-0.15, -0.1) is 11.8 Å². The first-order valence-corrected chi connectivity index (χ1v) is 15.3. The number of aliphatic hydroxyl groups excluding tert-OH is 1. The van der Waals surface area contributed by atoms with E-state index in [1.165, 1.54) is 0 Å². The van der Waals surface area contributed by atoms with Gasteiger partial charge in [0.25, 0.3) is 5.91 Å². The molecule has 4 heterocycles. The predicted octanol–water partition coefficient (Wildman–Crippen LogP) is 3.86. The SMILES string of the molecule is CCCN1CC=C[C@@H]2S[C@]34C=CCN(c5cc(C)ccc5C)C(=O)C3N(CCCCCCO)C(=O)[C@@H]4[C@@H]2C1=O. The van der Waals surface area contributed by atoms with Gasteiger partial charge in [-0.1, -0.05) is 56.2 Å². The van der Waals surface area contributed by atoms with Crippen molar-refractivity contribution in [3.63, 3.8) is 0 Å². The predicted molar refractivity (Wildman–Crippen MR) is 156 cm³/mol. The highest BCUT2D eigenvalue weighted by atomic mass is 32.2. The van der Waals surface area contributed by atoms with Gasteiger partial charge in [0.1, 0.15) is 6.04 Å². The number of rotatable bonds is 9. The summed E-state index contributed by atoms with van der Waals surface area (Å²) in [5.41, 5.74) is 2.98. The van der Waals surface area contributed by atoms with E-state index >= 15 is 0 Å². The Morgan fingerprint density at radius 1 is 0.974 bits per heavy atom. The molecule has 7 nitrogen and oxygen atoms in total. The molecule has 4 aliphatic heterocycles. The number of hydrogen-bond donors (Lipinski definition) is 1. The molecule has 5 rings (SSSR count). The maximum atomic E-state index is 14.6. The highest BCUT2D eigenvalue weighted by Crippen LogP contribution is 2.61. The minimum atomic E-state index is -0.781. The van der Waals surface area contributed by atoms with Crippen molar-refractivity contribution >= 4 is 35.2 Å². The highest BCUT2D eigenvalue weighted by Gasteiger charge is 2.70. The molecule has 1 spiro atoms. The second-order valence-corrected chi connectivity index (χ2v) is 12.9. The monoisotopic (exact) mass is 551 g/mol. The van der Waals surface area contributed by atoms with Gasteiger partial charge in [-0.05, 0) is 50.3 Å². The zero-order valence-electron chi connectivity index (χ0n) is 23.3. The number of hydrogen-bond acceptors (Lipinski definition) is 5. The summed E-state index contributed by atoms with van der Waals surface area (Å²) in [6, 6.07) is 5.47. The number of anilines is 1. The molecule has 210 valence electrons. The largest absolute Gasteiger partial charge is 0.396 e. The van der Waals surface area contributed by atoms with Crippen LogP contribution >= 0.6 is 11.8 Å². The fourth-order valence-electron chi connectivity index (χ4n) is 6.87. The molecular formula is C31H41N3O4S. The number of likely N-dealkylation sites (tertiary alicyclic amines) is 1. The molecule has 1 unspecified atom stereocenters. The molecule has 8 heteroatoms. The number of unbranched alkanes of at least 4 members (excludes halogenated alkanes) is 3. The molecule has 0 aliphatic carbocycles. The number of nitrogens with zero attached hydrogens (tertiary/aromatic N) is 3. The average molecular weight is 552 g/mol. The Balaban J connectivity index is 1.55. The molecule has 2 saturated heterocycles. The molecule has 1 aromatic rings. The van der Waals surface area contributed by atoms with E-state index in [9.17, 15) is 19.5 Å². The van der Waals surface area contributed by atoms with E-state index in [4.69, 9.17) is 0 Å². The summed E-state index contributed by atoms with van der Waals surface area (Å²) in [4.78, 5) is 48.3. The molecule has 4 aliphatic rings. The van der Waals surface area contributed by atoms with Crippen molar-refractivity contribution in [3.8, 4) is 0 Å². The summed E-state index contributed by atoms with van der Waals surface area (Å²) in [6.45, 7) is 8.42. The number of thioether (sulfide) groups is 1. The topological polar surface area (TPSA) is 81.2 Å². The number of aliphatic hydroxyl groups is 1. The van der Waals surface area contributed by atoms with Gasteiger partial charge in [-0.3, -0.25) is 14.4 Å². The van der Waals surface area contributed by atoms with Crippen LogP contribution in [0.1, 0.15) is 50.2 Å². The van der Waals surface area contributed by atoms with Crippen molar-refractivity contribution in [3.05, 3.63) is 53.6 Å². The van der Waals surface area contributed by atoms with Crippen molar-refractivity contribution in [2.45, 2.75) is 68.9 Å². The standard InChI is InChI=1S/C31H41N3O4S/c1-4-15-32-16-9-11-24-25(28(32)36)26-29(37)34(17-7-5-6-8-19-35)27-30(38)33(18-10-14-31(26,27)39-24)23-20-21(2)12-13-22(23)3/h9-14,20,24-27,35H,4-8,15-19H2,1-3H3/t24-,25+,26-,27?,31-/m0/s1. The number of carbonyl (C=O) groups excluding carboxylic acids is 3. The molecule has 1 N–H and O–H groups in total. The van der Waals surface area contributed by atoms with Crippen molar-refractivity contribution in [1.82, 2.24) is 9.80 Å². The fraction of sp³-hybridized carbons (Fsp3) is 0.581. The van der Waals surface area contributed by atoms with E-state index < -0.39 is 22.6 Å². The number of carbonyl (C=O) groups is 3. The molecule has 39 heavy (non-hydrogen) atoms. The number of aryl methyl sites for hydroxylation is 2. The summed E-state index contributed by atoms with van der Waals surface area (Å²) < 4.78 is -0.781. The zero-order valence-corrected chi connectivity index (χ0v) is 24.2. The zero-order chi connectivity index (χ0) is 27.7. The van der Waals surface area contributed by atoms with Gasteiger partial charge in [-0.2, -0.15) is 0 Å². The minimum absolute atomic E-state index is 0.0367. The van der Waals surface area contributed by atoms with Crippen LogP contribution < -0.4 is 4.90 Å². The second kappa shape index (κ2) is 11.5. The first kappa shape index (κ1) is 28.0. The van der Waals surface area contributed by atoms with Gasteiger partial charge < -0.3 is 19.8 Å². The normalized spacial score (nSPS) is 29.9. The first-order valence-electron chi connectivity index (χ1n) is 14.4. The summed E-state index contributed by atoms with van der Waals surface area (Å²) in [6.07, 6.45) is 12.4. The lowest BCUT2D eigenvalue weighted by Crippen LogP contribution is -2.53. The summed E-state index contributed by atoms with van der Waals surface area (Å²) in [7, 11) is 0. The second-order valence-electron chi connectivity index (χ2n) is 11.4. The van der Waals surface area contributed by atoms with Crippen LogP contribution in [0.15, 0.2) is 42.5 Å². The molecule has 0 aromatic heterocycles. The van der Waals surface area contributed by atoms with Crippen molar-refractivity contribution in [1.29, 1.82) is 0 Å². The van der Waals surface area contributed by atoms with Crippen molar-refractivity contribution < 1.29 is 19.5 Å². The van der Waals surface area contributed by atoms with Gasteiger partial charge >= 0.3 is 0 Å². The van der Waals surface area contributed by atoms with E-state index in [1.54, 1.807) is 16.7 Å². The molecule has 0 saturated carbocycles. The van der Waals surface area contributed by atoms with Crippen LogP contribution in [0.5, 0.6) is 0 Å². The molecular weight excluding hydrogens is 510 g/mol. The molecule has 2 fully saturated rings. The van der Waals surface area contributed by atoms with Gasteiger partial charge in [0, 0.05) is 43.7 Å².